The summed E-state index contributed by atoms with van der Waals surface area (Å²) in [5.41, 5.74) is 5.29. The highest BCUT2D eigenvalue weighted by atomic mass is 16.5. The second-order valence-corrected chi connectivity index (χ2v) is 7.69. The first-order valence-corrected chi connectivity index (χ1v) is 10.4. The Morgan fingerprint density at radius 1 is 0.727 bits per heavy atom. The van der Waals surface area contributed by atoms with E-state index in [0.29, 0.717) is 29.0 Å². The monoisotopic (exact) mass is 440 g/mol. The Labute approximate surface area is 192 Å². The lowest BCUT2D eigenvalue weighted by Crippen LogP contribution is -2.12. The predicted octanol–water partition coefficient (Wildman–Crippen LogP) is 5.29. The van der Waals surface area contributed by atoms with Crippen molar-refractivity contribution in [3.63, 3.8) is 0 Å². The number of benzene rings is 2. The van der Waals surface area contributed by atoms with E-state index in [-0.39, 0.29) is 5.91 Å². The molecule has 8 heteroatoms. The number of ether oxygens (including phenoxy) is 1. The van der Waals surface area contributed by atoms with Crippen molar-refractivity contribution < 1.29 is 9.53 Å². The van der Waals surface area contributed by atoms with Gasteiger partial charge in [0.1, 0.15) is 5.75 Å². The first-order chi connectivity index (χ1) is 15.8. The summed E-state index contributed by atoms with van der Waals surface area (Å²) in [6.07, 6.45) is 0. The molecule has 0 unspecified atom stereocenters. The molecule has 4 aromatic rings. The fourth-order valence-electron chi connectivity index (χ4n) is 3.30. The number of hydrogen-bond acceptors (Lipinski definition) is 7. The largest absolute Gasteiger partial charge is 0.424 e. The van der Waals surface area contributed by atoms with Crippen LogP contribution in [-0.2, 0) is 0 Å². The molecular weight excluding hydrogens is 416 g/mol. The summed E-state index contributed by atoms with van der Waals surface area (Å²) in [4.78, 5) is 30.0. The van der Waals surface area contributed by atoms with Gasteiger partial charge < -0.3 is 15.4 Å². The first-order valence-electron chi connectivity index (χ1n) is 10.4. The van der Waals surface area contributed by atoms with Gasteiger partial charge in [0, 0.05) is 39.7 Å². The second kappa shape index (κ2) is 9.44. The summed E-state index contributed by atoms with van der Waals surface area (Å²) in [6, 6.07) is 18.3. The Bertz CT molecular complexity index is 1260. The number of amides is 1. The van der Waals surface area contributed by atoms with Gasteiger partial charge in [-0.15, -0.1) is 0 Å². The molecule has 1 amide bonds. The summed E-state index contributed by atoms with van der Waals surface area (Å²) < 4.78 is 5.72. The summed E-state index contributed by atoms with van der Waals surface area (Å²) in [5, 5.41) is 6.04. The predicted molar refractivity (Wildman–Crippen MR) is 127 cm³/mol. The number of aryl methyl sites for hydroxylation is 4. The van der Waals surface area contributed by atoms with E-state index in [1.54, 1.807) is 42.5 Å². The maximum absolute atomic E-state index is 12.8. The van der Waals surface area contributed by atoms with Gasteiger partial charge in [-0.25, -0.2) is 19.9 Å². The molecule has 2 aromatic heterocycles. The molecule has 8 nitrogen and oxygen atoms in total. The van der Waals surface area contributed by atoms with Gasteiger partial charge in [-0.05, 0) is 82.3 Å². The van der Waals surface area contributed by atoms with E-state index in [9.17, 15) is 4.79 Å². The molecule has 0 bridgehead atoms. The van der Waals surface area contributed by atoms with Crippen LogP contribution in [0.3, 0.4) is 0 Å². The first kappa shape index (κ1) is 21.9. The minimum atomic E-state index is -0.230. The zero-order valence-corrected chi connectivity index (χ0v) is 18.9. The molecule has 0 spiro atoms. The summed E-state index contributed by atoms with van der Waals surface area (Å²) in [5.74, 6) is 0.845. The summed E-state index contributed by atoms with van der Waals surface area (Å²) in [7, 11) is 0. The van der Waals surface area contributed by atoms with E-state index in [0.717, 1.165) is 28.5 Å². The molecule has 0 fully saturated rings. The fourth-order valence-corrected chi connectivity index (χ4v) is 3.30. The molecule has 0 aliphatic rings. The van der Waals surface area contributed by atoms with Gasteiger partial charge in [0.2, 0.25) is 5.95 Å². The number of nitrogens with one attached hydrogen (secondary N) is 2. The third-order valence-electron chi connectivity index (χ3n) is 4.65. The fraction of sp³-hybridized carbons (Fsp3) is 0.160. The van der Waals surface area contributed by atoms with Crippen LogP contribution in [0.2, 0.25) is 0 Å². The molecule has 0 aliphatic carbocycles. The molecule has 0 aliphatic heterocycles. The van der Waals surface area contributed by atoms with Crippen molar-refractivity contribution in [2.45, 2.75) is 27.7 Å². The average molecular weight is 441 g/mol. The molecule has 4 rings (SSSR count). The van der Waals surface area contributed by atoms with Gasteiger partial charge in [-0.2, -0.15) is 0 Å². The van der Waals surface area contributed by atoms with Crippen molar-refractivity contribution in [1.29, 1.82) is 0 Å². The molecule has 0 atom stereocenters. The summed E-state index contributed by atoms with van der Waals surface area (Å²) in [6.45, 7) is 7.60. The highest BCUT2D eigenvalue weighted by Crippen LogP contribution is 2.22. The van der Waals surface area contributed by atoms with E-state index in [1.807, 2.05) is 45.9 Å². The third-order valence-corrected chi connectivity index (χ3v) is 4.65. The third kappa shape index (κ3) is 5.88. The quantitative estimate of drug-likeness (QED) is 0.420. The van der Waals surface area contributed by atoms with Crippen LogP contribution in [0.1, 0.15) is 33.1 Å². The van der Waals surface area contributed by atoms with Crippen LogP contribution >= 0.6 is 0 Å². The average Bonchev–Trinajstić information content (AvgIpc) is 2.74. The zero-order chi connectivity index (χ0) is 23.4. The van der Waals surface area contributed by atoms with Gasteiger partial charge in [-0.1, -0.05) is 6.07 Å². The maximum Gasteiger partial charge on any atom is 0.322 e. The van der Waals surface area contributed by atoms with Crippen LogP contribution in [0.5, 0.6) is 11.8 Å². The Balaban J connectivity index is 1.42. The van der Waals surface area contributed by atoms with Gasteiger partial charge in [-0.3, -0.25) is 4.79 Å². The molecule has 2 aromatic carbocycles. The van der Waals surface area contributed by atoms with E-state index in [2.05, 4.69) is 30.6 Å². The number of rotatable bonds is 6. The molecule has 0 saturated heterocycles. The van der Waals surface area contributed by atoms with Crippen molar-refractivity contribution in [2.24, 2.45) is 0 Å². The van der Waals surface area contributed by atoms with Crippen molar-refractivity contribution in [2.75, 3.05) is 10.6 Å². The lowest BCUT2D eigenvalue weighted by atomic mass is 10.2. The number of anilines is 3. The van der Waals surface area contributed by atoms with Crippen molar-refractivity contribution in [1.82, 2.24) is 19.9 Å². The normalized spacial score (nSPS) is 10.5. The SMILES string of the molecule is Cc1cc(C)nc(Nc2cccc(C(=O)Nc3ccc(Oc4nc(C)cc(C)n4)cc3)c2)n1. The smallest absolute Gasteiger partial charge is 0.322 e. The lowest BCUT2D eigenvalue weighted by molar-refractivity contribution is 0.102. The highest BCUT2D eigenvalue weighted by Gasteiger charge is 2.09. The van der Waals surface area contributed by atoms with Crippen LogP contribution in [0.15, 0.2) is 60.7 Å². The molecule has 0 radical (unpaired) electrons. The molecule has 0 saturated carbocycles. The Kier molecular flexibility index (Phi) is 6.26. The van der Waals surface area contributed by atoms with Crippen LogP contribution in [0.25, 0.3) is 0 Å². The lowest BCUT2D eigenvalue weighted by Gasteiger charge is -2.10. The van der Waals surface area contributed by atoms with Gasteiger partial charge in [0.05, 0.1) is 0 Å². The van der Waals surface area contributed by atoms with Crippen LogP contribution in [0.4, 0.5) is 17.3 Å². The Morgan fingerprint density at radius 2 is 1.33 bits per heavy atom. The second-order valence-electron chi connectivity index (χ2n) is 7.69. The van der Waals surface area contributed by atoms with E-state index in [4.69, 9.17) is 4.74 Å². The minimum absolute atomic E-state index is 0.230. The minimum Gasteiger partial charge on any atom is -0.424 e. The number of carbonyl (C=O) groups excluding carboxylic acids is 1. The molecule has 2 N–H and O–H groups in total. The molecule has 33 heavy (non-hydrogen) atoms. The standard InChI is InChI=1S/C25H24N6O2/c1-15-12-16(2)27-24(26-15)31-21-7-5-6-19(14-21)23(32)30-20-8-10-22(11-9-20)33-25-28-17(3)13-18(4)29-25/h5-14H,1-4H3,(H,30,32)(H,26,27,31). The van der Waals surface area contributed by atoms with Crippen molar-refractivity contribution >= 4 is 23.2 Å². The van der Waals surface area contributed by atoms with Crippen LogP contribution in [0, 0.1) is 27.7 Å². The molecule has 166 valence electrons. The Morgan fingerprint density at radius 3 is 1.97 bits per heavy atom. The van der Waals surface area contributed by atoms with Crippen LogP contribution < -0.4 is 15.4 Å². The van der Waals surface area contributed by atoms with Crippen LogP contribution in [-0.4, -0.2) is 25.8 Å². The number of carbonyl (C=O) groups is 1. The Hall–Kier alpha value is -4.33. The van der Waals surface area contributed by atoms with Gasteiger partial charge in [0.15, 0.2) is 0 Å². The number of nitrogens with zero attached hydrogens (tertiary/aromatic N) is 4. The van der Waals surface area contributed by atoms with E-state index >= 15 is 0 Å². The highest BCUT2D eigenvalue weighted by molar-refractivity contribution is 6.04. The van der Waals surface area contributed by atoms with E-state index < -0.39 is 0 Å². The molecular formula is C25H24N6O2. The zero-order valence-electron chi connectivity index (χ0n) is 18.9. The number of aromatic nitrogens is 4. The topological polar surface area (TPSA) is 102 Å². The van der Waals surface area contributed by atoms with Gasteiger partial charge >= 0.3 is 6.01 Å². The van der Waals surface area contributed by atoms with E-state index in [1.165, 1.54) is 0 Å². The van der Waals surface area contributed by atoms with Gasteiger partial charge in [0.25, 0.3) is 5.91 Å². The van der Waals surface area contributed by atoms with Crippen molar-refractivity contribution in [3.8, 4) is 11.8 Å². The van der Waals surface area contributed by atoms with Crippen molar-refractivity contribution in [3.05, 3.63) is 89.0 Å². The maximum atomic E-state index is 12.8. The number of hydrogen-bond donors (Lipinski definition) is 2. The molecule has 2 heterocycles. The summed E-state index contributed by atoms with van der Waals surface area (Å²) >= 11 is 0.